The summed E-state index contributed by atoms with van der Waals surface area (Å²) in [6.45, 7) is 2.36. The zero-order valence-corrected chi connectivity index (χ0v) is 19.2. The van der Waals surface area contributed by atoms with E-state index in [1.54, 1.807) is 39.7 Å². The van der Waals surface area contributed by atoms with Crippen LogP contribution in [0.5, 0.6) is 5.75 Å². The number of urea groups is 1. The number of halogens is 1. The molecule has 0 bridgehead atoms. The second kappa shape index (κ2) is 8.55. The molecule has 0 radical (unpaired) electrons. The zero-order chi connectivity index (χ0) is 23.9. The number of aromatic nitrogens is 3. The van der Waals surface area contributed by atoms with E-state index in [-0.39, 0.29) is 24.4 Å². The first-order valence-electron chi connectivity index (χ1n) is 11.0. The fraction of sp³-hybridized carbons (Fsp3) is 0.217. The van der Waals surface area contributed by atoms with E-state index < -0.39 is 0 Å². The summed E-state index contributed by atoms with van der Waals surface area (Å²) in [4.78, 5) is 33.5. The predicted molar refractivity (Wildman–Crippen MR) is 130 cm³/mol. The number of imidazole rings is 1. The highest BCUT2D eigenvalue weighted by atomic mass is 32.1. The van der Waals surface area contributed by atoms with E-state index in [9.17, 15) is 14.0 Å². The maximum atomic E-state index is 13.2. The summed E-state index contributed by atoms with van der Waals surface area (Å²) in [6.07, 6.45) is 1.83. The fourth-order valence-electron chi connectivity index (χ4n) is 4.04. The Hall–Kier alpha value is -4.19. The van der Waals surface area contributed by atoms with Gasteiger partial charge in [-0.25, -0.2) is 18.7 Å². The number of rotatable bonds is 3. The standard InChI is InChI=1S/C23H20FN7O3S/c24-15-3-1-14(2-4-15)18-12-31-22(27-18)35-23(28-31)30-9-7-29(8-10-30)21(33)25-16-5-6-19-17(11-16)26-20(32)13-34-19/h1-6,11-12H,7-10,13H2,(H,25,33)(H,26,32). The van der Waals surface area contributed by atoms with Crippen LogP contribution in [0.15, 0.2) is 48.7 Å². The third-order valence-corrected chi connectivity index (χ3v) is 6.86. The summed E-state index contributed by atoms with van der Waals surface area (Å²) in [5, 5.41) is 11.1. The molecular formula is C23H20FN7O3S. The third-order valence-electron chi connectivity index (χ3n) is 5.87. The zero-order valence-electron chi connectivity index (χ0n) is 18.4. The summed E-state index contributed by atoms with van der Waals surface area (Å²) >= 11 is 1.48. The molecule has 1 fully saturated rings. The van der Waals surface area contributed by atoms with Gasteiger partial charge in [0.15, 0.2) is 6.61 Å². The van der Waals surface area contributed by atoms with Gasteiger partial charge in [-0.15, -0.1) is 5.10 Å². The normalized spacial score (nSPS) is 15.5. The number of carbonyl (C=O) groups is 2. The average Bonchev–Trinajstić information content (AvgIpc) is 3.44. The van der Waals surface area contributed by atoms with Crippen molar-refractivity contribution in [1.29, 1.82) is 0 Å². The molecule has 4 aromatic rings. The third kappa shape index (κ3) is 4.23. The van der Waals surface area contributed by atoms with Gasteiger partial charge in [0.25, 0.3) is 5.91 Å². The number of nitrogens with zero attached hydrogens (tertiary/aromatic N) is 5. The average molecular weight is 494 g/mol. The minimum Gasteiger partial charge on any atom is -0.482 e. The number of hydrogen-bond donors (Lipinski definition) is 2. The first kappa shape index (κ1) is 21.4. The molecule has 2 N–H and O–H groups in total. The van der Waals surface area contributed by atoms with Crippen LogP contribution in [0.25, 0.3) is 16.2 Å². The van der Waals surface area contributed by atoms with Crippen molar-refractivity contribution in [1.82, 2.24) is 19.5 Å². The van der Waals surface area contributed by atoms with Crippen LogP contribution in [-0.4, -0.2) is 64.2 Å². The van der Waals surface area contributed by atoms with Crippen molar-refractivity contribution in [2.24, 2.45) is 0 Å². The molecule has 6 rings (SSSR count). The van der Waals surface area contributed by atoms with Crippen molar-refractivity contribution in [3.63, 3.8) is 0 Å². The first-order valence-corrected chi connectivity index (χ1v) is 11.8. The highest BCUT2D eigenvalue weighted by Gasteiger charge is 2.24. The highest BCUT2D eigenvalue weighted by molar-refractivity contribution is 7.20. The van der Waals surface area contributed by atoms with Gasteiger partial charge < -0.3 is 25.2 Å². The molecule has 0 aliphatic carbocycles. The van der Waals surface area contributed by atoms with E-state index in [0.29, 0.717) is 43.3 Å². The predicted octanol–water partition coefficient (Wildman–Crippen LogP) is 3.28. The Morgan fingerprint density at radius 2 is 1.91 bits per heavy atom. The number of benzene rings is 2. The van der Waals surface area contributed by atoms with Gasteiger partial charge >= 0.3 is 6.03 Å². The summed E-state index contributed by atoms with van der Waals surface area (Å²) in [7, 11) is 0. The van der Waals surface area contributed by atoms with E-state index in [1.807, 2.05) is 6.20 Å². The molecule has 0 atom stereocenters. The van der Waals surface area contributed by atoms with Crippen LogP contribution in [0.3, 0.4) is 0 Å². The van der Waals surface area contributed by atoms with Crippen LogP contribution in [0.2, 0.25) is 0 Å². The van der Waals surface area contributed by atoms with Crippen molar-refractivity contribution in [3.8, 4) is 17.0 Å². The lowest BCUT2D eigenvalue weighted by Crippen LogP contribution is -2.50. The maximum Gasteiger partial charge on any atom is 0.321 e. The lowest BCUT2D eigenvalue weighted by atomic mass is 10.2. The molecule has 0 saturated carbocycles. The molecule has 2 aliphatic rings. The van der Waals surface area contributed by atoms with Crippen LogP contribution in [0.4, 0.5) is 25.7 Å². The van der Waals surface area contributed by atoms with Gasteiger partial charge in [0.05, 0.1) is 17.6 Å². The Labute approximate surface area is 202 Å². The van der Waals surface area contributed by atoms with Gasteiger partial charge in [-0.05, 0) is 42.5 Å². The number of anilines is 3. The largest absolute Gasteiger partial charge is 0.482 e. The molecule has 178 valence electrons. The minimum absolute atomic E-state index is 0.0105. The van der Waals surface area contributed by atoms with Gasteiger partial charge in [0.2, 0.25) is 10.1 Å². The second-order valence-electron chi connectivity index (χ2n) is 8.20. The van der Waals surface area contributed by atoms with E-state index in [4.69, 9.17) is 4.74 Å². The molecule has 1 saturated heterocycles. The topological polar surface area (TPSA) is 104 Å². The van der Waals surface area contributed by atoms with Gasteiger partial charge in [-0.3, -0.25) is 4.79 Å². The Balaban J connectivity index is 1.08. The van der Waals surface area contributed by atoms with E-state index in [2.05, 4.69) is 25.6 Å². The smallest absolute Gasteiger partial charge is 0.321 e. The molecule has 2 aliphatic heterocycles. The molecule has 3 amide bonds. The van der Waals surface area contributed by atoms with Crippen molar-refractivity contribution in [3.05, 3.63) is 54.5 Å². The van der Waals surface area contributed by atoms with Gasteiger partial charge in [0.1, 0.15) is 11.6 Å². The van der Waals surface area contributed by atoms with Crippen LogP contribution in [0, 0.1) is 5.82 Å². The molecule has 12 heteroatoms. The lowest BCUT2D eigenvalue weighted by molar-refractivity contribution is -0.118. The fourth-order valence-corrected chi connectivity index (χ4v) is 4.98. The Morgan fingerprint density at radius 1 is 1.11 bits per heavy atom. The molecule has 0 unspecified atom stereocenters. The summed E-state index contributed by atoms with van der Waals surface area (Å²) < 4.78 is 20.3. The number of piperazine rings is 1. The number of ether oxygens (including phenoxy) is 1. The summed E-state index contributed by atoms with van der Waals surface area (Å²) in [6, 6.07) is 11.2. The van der Waals surface area contributed by atoms with Crippen LogP contribution in [0.1, 0.15) is 0 Å². The molecule has 2 aromatic heterocycles. The van der Waals surface area contributed by atoms with Crippen LogP contribution >= 0.6 is 11.3 Å². The monoisotopic (exact) mass is 493 g/mol. The van der Waals surface area contributed by atoms with Crippen molar-refractivity contribution < 1.29 is 18.7 Å². The number of carbonyl (C=O) groups excluding carboxylic acids is 2. The lowest BCUT2D eigenvalue weighted by Gasteiger charge is -2.34. The SMILES string of the molecule is O=C1COc2ccc(NC(=O)N3CCN(c4nn5cc(-c6ccc(F)cc6)nc5s4)CC3)cc2N1. The minimum atomic E-state index is -0.284. The molecule has 0 spiro atoms. The number of nitrogens with one attached hydrogen (secondary N) is 2. The first-order chi connectivity index (χ1) is 17.0. The van der Waals surface area contributed by atoms with Crippen molar-refractivity contribution in [2.45, 2.75) is 0 Å². The van der Waals surface area contributed by atoms with Crippen LogP contribution < -0.4 is 20.3 Å². The maximum absolute atomic E-state index is 13.2. The summed E-state index contributed by atoms with van der Waals surface area (Å²) in [5.41, 5.74) is 2.70. The molecular weight excluding hydrogens is 473 g/mol. The van der Waals surface area contributed by atoms with Crippen molar-refractivity contribution >= 4 is 44.7 Å². The highest BCUT2D eigenvalue weighted by Crippen LogP contribution is 2.31. The molecule has 35 heavy (non-hydrogen) atoms. The number of fused-ring (bicyclic) bond motifs is 2. The van der Waals surface area contributed by atoms with Gasteiger partial charge in [0, 0.05) is 37.4 Å². The molecule has 2 aromatic carbocycles. The van der Waals surface area contributed by atoms with E-state index in [0.717, 1.165) is 21.3 Å². The second-order valence-corrected chi connectivity index (χ2v) is 9.13. The molecule has 4 heterocycles. The quantitative estimate of drug-likeness (QED) is 0.454. The van der Waals surface area contributed by atoms with E-state index >= 15 is 0 Å². The Kier molecular flexibility index (Phi) is 5.21. The number of hydrogen-bond acceptors (Lipinski definition) is 7. The van der Waals surface area contributed by atoms with Crippen LogP contribution in [-0.2, 0) is 4.79 Å². The number of amides is 3. The van der Waals surface area contributed by atoms with E-state index in [1.165, 1.54) is 23.5 Å². The Morgan fingerprint density at radius 3 is 2.69 bits per heavy atom. The van der Waals surface area contributed by atoms with Crippen molar-refractivity contribution in [2.75, 3.05) is 48.3 Å². The summed E-state index contributed by atoms with van der Waals surface area (Å²) in [5.74, 6) is 0.0722. The van der Waals surface area contributed by atoms with Gasteiger partial charge in [-0.1, -0.05) is 11.3 Å². The Bertz CT molecular complexity index is 1400. The molecule has 10 nitrogen and oxygen atoms in total. The van der Waals surface area contributed by atoms with Gasteiger partial charge in [-0.2, -0.15) is 0 Å².